The van der Waals surface area contributed by atoms with Crippen LogP contribution in [0.1, 0.15) is 13.3 Å². The molecule has 0 saturated heterocycles. The minimum absolute atomic E-state index is 0. The van der Waals surface area contributed by atoms with Gasteiger partial charge in [0.05, 0.1) is 0 Å². The van der Waals surface area contributed by atoms with Crippen LogP contribution in [0.2, 0.25) is 18.6 Å². The predicted octanol–water partition coefficient (Wildman–Crippen LogP) is 8.42. The van der Waals surface area contributed by atoms with Crippen molar-refractivity contribution in [1.82, 2.24) is 0 Å². The molecule has 1 heterocycles. The quantitative estimate of drug-likeness (QED) is 0.229. The van der Waals surface area contributed by atoms with Gasteiger partial charge in [-0.15, -0.1) is 11.4 Å². The van der Waals surface area contributed by atoms with Crippen LogP contribution >= 0.6 is 18.6 Å². The maximum atomic E-state index is 5.00. The second kappa shape index (κ2) is 10.9. The molecule has 6 rings (SSSR count). The van der Waals surface area contributed by atoms with Crippen molar-refractivity contribution in [3.63, 3.8) is 0 Å². The van der Waals surface area contributed by atoms with E-state index >= 15 is 0 Å². The molecule has 0 spiro atoms. The molecule has 3 aromatic carbocycles. The van der Waals surface area contributed by atoms with E-state index in [1.807, 2.05) is 0 Å². The summed E-state index contributed by atoms with van der Waals surface area (Å²) >= 11 is -0.556. The van der Waals surface area contributed by atoms with E-state index in [1.54, 1.807) is 0 Å². The van der Waals surface area contributed by atoms with Crippen LogP contribution in [0.25, 0.3) is 17.5 Å². The first kappa shape index (κ1) is 26.6. The Bertz CT molecular complexity index is 1270. The molecule has 0 N–H and O–H groups in total. The number of hydrogen-bond acceptors (Lipinski definition) is 1. The molecule has 182 valence electrons. The normalized spacial score (nSPS) is 23.3. The van der Waals surface area contributed by atoms with Gasteiger partial charge in [-0.2, -0.15) is 0 Å². The van der Waals surface area contributed by atoms with E-state index in [4.69, 9.17) is 23.9 Å². The van der Waals surface area contributed by atoms with Crippen LogP contribution in [0, 0.1) is 25.2 Å². The summed E-state index contributed by atoms with van der Waals surface area (Å²) in [5.74, 6) is 1.98. The van der Waals surface area contributed by atoms with Crippen LogP contribution in [0.3, 0.4) is 0 Å². The third kappa shape index (κ3) is 4.79. The van der Waals surface area contributed by atoms with Crippen molar-refractivity contribution in [1.29, 1.82) is 0 Å². The van der Waals surface area contributed by atoms with Crippen molar-refractivity contribution >= 4 is 61.7 Å². The zero-order valence-corrected chi connectivity index (χ0v) is 24.8. The minimum atomic E-state index is -1.94. The molecule has 0 radical (unpaired) electrons. The van der Waals surface area contributed by atoms with Crippen molar-refractivity contribution < 1.29 is 17.0 Å². The van der Waals surface area contributed by atoms with Gasteiger partial charge in [0.1, 0.15) is 0 Å². The molecule has 2 aliphatic carbocycles. The van der Waals surface area contributed by atoms with Gasteiger partial charge in [0.25, 0.3) is 0 Å². The fraction of sp³-hybridized carbons (Fsp3) is 0.276. The number of nitrogens with zero attached hydrogens (tertiary/aromatic N) is 2. The van der Waals surface area contributed by atoms with Gasteiger partial charge in [0.15, 0.2) is 8.24 Å². The molecular weight excluding hydrogens is 523 g/mol. The second-order valence-corrected chi connectivity index (χ2v) is 17.1. The van der Waals surface area contributed by atoms with Crippen LogP contribution in [0.15, 0.2) is 72.8 Å². The summed E-state index contributed by atoms with van der Waals surface area (Å²) in [6.07, 6.45) is 6.46. The Hall–Kier alpha value is -1.49. The Morgan fingerprint density at radius 3 is 1.89 bits per heavy atom. The first-order chi connectivity index (χ1) is 16.5. The van der Waals surface area contributed by atoms with Gasteiger partial charge < -0.3 is 17.3 Å². The van der Waals surface area contributed by atoms with Crippen molar-refractivity contribution in [2.45, 2.75) is 32.0 Å². The van der Waals surface area contributed by atoms with Gasteiger partial charge in [0.2, 0.25) is 0 Å². The van der Waals surface area contributed by atoms with Crippen LogP contribution in [0.5, 0.6) is 0 Å². The molecule has 1 saturated carbocycles. The standard InChI is InChI=1S/C28H29N2Si.CH3.2ClH.Ti/c1-19-16-22-17-20-10-4-5-11-21(20)18-23(22)28(19)31(2,3)30-26-14-8-6-12-24(26)29-25-13-7-9-15-27(25)30;;;;/h4-15,17-19,22-23,28H,16H2,1-3H3;1H3;2*1H;/q2*-1;;;+2/p-2/t19-,22-,23+,28?;;;;/m1..../s1. The van der Waals surface area contributed by atoms with Gasteiger partial charge in [-0.1, -0.05) is 92.8 Å². The van der Waals surface area contributed by atoms with Crippen LogP contribution in [-0.4, -0.2) is 8.24 Å². The van der Waals surface area contributed by atoms with Crippen LogP contribution in [-0.2, 0) is 17.0 Å². The number of rotatable bonds is 2. The summed E-state index contributed by atoms with van der Waals surface area (Å²) in [4.78, 5) is 0. The Kier molecular flexibility index (Phi) is 8.25. The summed E-state index contributed by atoms with van der Waals surface area (Å²) in [6.45, 7) is 7.67. The van der Waals surface area contributed by atoms with E-state index in [0.29, 0.717) is 23.3 Å². The number of benzene rings is 3. The van der Waals surface area contributed by atoms with Crippen molar-refractivity contribution in [3.8, 4) is 0 Å². The first-order valence-corrected chi connectivity index (χ1v) is 19.2. The van der Waals surface area contributed by atoms with E-state index in [0.717, 1.165) is 11.4 Å². The van der Waals surface area contributed by atoms with Crippen molar-refractivity contribution in [3.05, 3.63) is 96.0 Å². The average Bonchev–Trinajstić information content (AvgIpc) is 3.16. The van der Waals surface area contributed by atoms with Crippen molar-refractivity contribution in [2.75, 3.05) is 4.57 Å². The SMILES string of the molecule is C[C@@H]1C[C@@H]2C=c3ccccc3=C[C@@H]2C1[Si](C)(C)N1c2ccccc2[N-]c2ccccc21.[CH3-].[Cl][Ti][Cl]. The fourth-order valence-electron chi connectivity index (χ4n) is 6.73. The Balaban J connectivity index is 0.000000689. The molecule has 1 fully saturated rings. The number of fused-ring (bicyclic) bond motifs is 4. The third-order valence-corrected chi connectivity index (χ3v) is 12.0. The molecular formula is C29H32Cl2N2SiTi-2. The zero-order chi connectivity index (χ0) is 23.9. The fourth-order valence-corrected chi connectivity index (χ4v) is 11.5. The Morgan fingerprint density at radius 1 is 0.829 bits per heavy atom. The molecule has 2 nitrogen and oxygen atoms in total. The summed E-state index contributed by atoms with van der Waals surface area (Å²) in [5.41, 5.74) is 5.46. The van der Waals surface area contributed by atoms with Gasteiger partial charge in [-0.05, 0) is 52.3 Å². The number of halogens is 2. The van der Waals surface area contributed by atoms with Gasteiger partial charge >= 0.3 is 35.6 Å². The van der Waals surface area contributed by atoms with Crippen molar-refractivity contribution in [2.24, 2.45) is 17.8 Å². The predicted molar refractivity (Wildman–Crippen MR) is 152 cm³/mol. The maximum absolute atomic E-state index is 5.00. The Labute approximate surface area is 227 Å². The van der Waals surface area contributed by atoms with Gasteiger partial charge in [-0.25, -0.2) is 0 Å². The van der Waals surface area contributed by atoms with E-state index in [-0.39, 0.29) is 7.43 Å². The molecule has 3 aromatic rings. The summed E-state index contributed by atoms with van der Waals surface area (Å²) in [6, 6.07) is 26.3. The van der Waals surface area contributed by atoms with E-state index in [2.05, 4.69) is 110 Å². The molecule has 0 bridgehead atoms. The number of hydrogen-bond donors (Lipinski definition) is 0. The number of anilines is 2. The molecule has 6 heteroatoms. The van der Waals surface area contributed by atoms with Crippen LogP contribution < -0.4 is 15.0 Å². The Morgan fingerprint density at radius 2 is 1.31 bits per heavy atom. The molecule has 1 aliphatic heterocycles. The molecule has 3 aliphatic rings. The molecule has 0 amide bonds. The molecule has 4 atom stereocenters. The summed E-state index contributed by atoms with van der Waals surface area (Å²) < 4.78 is 2.72. The second-order valence-electron chi connectivity index (χ2n) is 10.1. The van der Waals surface area contributed by atoms with Gasteiger partial charge in [0, 0.05) is 11.4 Å². The monoisotopic (exact) mass is 554 g/mol. The third-order valence-electron chi connectivity index (χ3n) is 7.81. The van der Waals surface area contributed by atoms with E-state index < -0.39 is 25.3 Å². The van der Waals surface area contributed by atoms with Gasteiger partial charge in [-0.3, -0.25) is 0 Å². The van der Waals surface area contributed by atoms with E-state index in [9.17, 15) is 0 Å². The first-order valence-electron chi connectivity index (χ1n) is 11.9. The zero-order valence-electron chi connectivity index (χ0n) is 20.7. The average molecular weight is 555 g/mol. The van der Waals surface area contributed by atoms with E-state index in [1.165, 1.54) is 28.2 Å². The molecule has 35 heavy (non-hydrogen) atoms. The summed E-state index contributed by atoms with van der Waals surface area (Å²) in [5, 5.41) is 7.83. The topological polar surface area (TPSA) is 17.3 Å². The van der Waals surface area contributed by atoms with Crippen LogP contribution in [0.4, 0.5) is 22.7 Å². The summed E-state index contributed by atoms with van der Waals surface area (Å²) in [7, 11) is 7.84. The number of para-hydroxylation sites is 4. The molecule has 1 unspecified atom stereocenters. The molecule has 0 aromatic heterocycles.